The van der Waals surface area contributed by atoms with Gasteiger partial charge in [-0.25, -0.2) is 0 Å². The van der Waals surface area contributed by atoms with Gasteiger partial charge in [-0.05, 0) is 0 Å². The molecule has 0 amide bonds. The van der Waals surface area contributed by atoms with Crippen molar-refractivity contribution in [1.82, 2.24) is 0 Å². The number of rotatable bonds is 28. The Hall–Kier alpha value is -4.08. The van der Waals surface area contributed by atoms with Gasteiger partial charge in [-0.15, -0.1) is 0 Å². The van der Waals surface area contributed by atoms with Gasteiger partial charge in [0.1, 0.15) is 0 Å². The van der Waals surface area contributed by atoms with E-state index in [1.807, 2.05) is 78.9 Å². The normalized spacial score (nSPS) is 12.7. The summed E-state index contributed by atoms with van der Waals surface area (Å²) in [7, 11) is -4.54. The number of unbranched alkanes of at least 4 members (excludes halogenated alkanes) is 15. The first kappa shape index (κ1) is 48.4. The van der Waals surface area contributed by atoms with Crippen molar-refractivity contribution in [2.75, 3.05) is 0 Å². The van der Waals surface area contributed by atoms with E-state index < -0.39 is 16.9 Å². The quantitative estimate of drug-likeness (QED) is 0.0364. The van der Waals surface area contributed by atoms with Crippen molar-refractivity contribution in [2.45, 2.75) is 161 Å². The second-order valence-corrected chi connectivity index (χ2v) is 23.8. The first-order valence-electron chi connectivity index (χ1n) is 24.7. The van der Waals surface area contributed by atoms with Crippen molar-refractivity contribution in [1.29, 1.82) is 0 Å². The van der Waals surface area contributed by atoms with Crippen LogP contribution in [0.15, 0.2) is 150 Å². The van der Waals surface area contributed by atoms with Crippen LogP contribution in [0.1, 0.15) is 153 Å². The predicted molar refractivity (Wildman–Crippen MR) is 275 cm³/mol. The number of fused-ring (bicyclic) bond motifs is 1. The van der Waals surface area contributed by atoms with E-state index in [0.29, 0.717) is 11.3 Å². The SMILES string of the molecule is CCCCCCCCc1c(CCCCCCCC)c(S(=O)(=O)OP(c2ccccc2)(c2ccccc2)(c2ccccc2)c2ccccc2)c2ccccc2c1CCCCCCCC. The molecule has 0 aliphatic heterocycles. The third-order valence-corrected chi connectivity index (χ3v) is 21.4. The van der Waals surface area contributed by atoms with Gasteiger partial charge in [-0.3, -0.25) is 0 Å². The monoisotopic (exact) mass is 883 g/mol. The molecule has 63 heavy (non-hydrogen) atoms. The molecule has 5 heteroatoms. The summed E-state index contributed by atoms with van der Waals surface area (Å²) in [6, 6.07) is 49.3. The Morgan fingerprint density at radius 2 is 0.651 bits per heavy atom. The fraction of sp³-hybridized carbons (Fsp3) is 0.414. The molecule has 336 valence electrons. The zero-order valence-electron chi connectivity index (χ0n) is 38.8. The minimum atomic E-state index is -4.58. The Labute approximate surface area is 382 Å². The van der Waals surface area contributed by atoms with Gasteiger partial charge in [-0.2, -0.15) is 0 Å². The summed E-state index contributed by atoms with van der Waals surface area (Å²) in [4.78, 5) is 0.382. The Balaban J connectivity index is 1.65. The van der Waals surface area contributed by atoms with Gasteiger partial charge in [-0.1, -0.05) is 20.3 Å². The second kappa shape index (κ2) is 24.3. The average Bonchev–Trinajstić information content (AvgIpc) is 3.33. The van der Waals surface area contributed by atoms with Crippen LogP contribution in [0.3, 0.4) is 0 Å². The van der Waals surface area contributed by atoms with Crippen molar-refractivity contribution in [3.8, 4) is 0 Å². The molecule has 0 radical (unpaired) electrons. The summed E-state index contributed by atoms with van der Waals surface area (Å²) in [5, 5.41) is 5.27. The number of benzene rings is 6. The summed E-state index contributed by atoms with van der Waals surface area (Å²) in [6.07, 6.45) is 23.9. The summed E-state index contributed by atoms with van der Waals surface area (Å²) < 4.78 is 41.0. The van der Waals surface area contributed by atoms with Crippen molar-refractivity contribution < 1.29 is 12.4 Å². The van der Waals surface area contributed by atoms with Crippen LogP contribution in [-0.2, 0) is 33.4 Å². The van der Waals surface area contributed by atoms with E-state index >= 15 is 8.42 Å². The Bertz CT molecular complexity index is 2190. The topological polar surface area (TPSA) is 43.4 Å². The Kier molecular flexibility index (Phi) is 18.6. The molecule has 0 aromatic heterocycles. The van der Waals surface area contributed by atoms with Crippen LogP contribution in [0.5, 0.6) is 0 Å². The van der Waals surface area contributed by atoms with Gasteiger partial charge in [0, 0.05) is 0 Å². The Morgan fingerprint density at radius 3 is 1.03 bits per heavy atom. The molecule has 0 aliphatic carbocycles. The van der Waals surface area contributed by atoms with Gasteiger partial charge in [0.05, 0.1) is 0 Å². The molecule has 6 aromatic rings. The van der Waals surface area contributed by atoms with E-state index in [9.17, 15) is 0 Å². The van der Waals surface area contributed by atoms with Crippen molar-refractivity contribution in [2.24, 2.45) is 0 Å². The molecule has 0 saturated heterocycles. The van der Waals surface area contributed by atoms with E-state index in [4.69, 9.17) is 3.97 Å². The summed E-state index contributed by atoms with van der Waals surface area (Å²) in [6.45, 7) is 2.23. The van der Waals surface area contributed by atoms with Gasteiger partial charge in [0.15, 0.2) is 0 Å². The molecule has 3 nitrogen and oxygen atoms in total. The molecule has 0 atom stereocenters. The van der Waals surface area contributed by atoms with Crippen LogP contribution < -0.4 is 21.2 Å². The summed E-state index contributed by atoms with van der Waals surface area (Å²) in [5.74, 6) is 0. The zero-order valence-corrected chi connectivity index (χ0v) is 40.5. The average molecular weight is 883 g/mol. The van der Waals surface area contributed by atoms with Crippen LogP contribution in [0, 0.1) is 0 Å². The van der Waals surface area contributed by atoms with Crippen LogP contribution >= 0.6 is 6.83 Å². The molecule has 0 saturated carbocycles. The van der Waals surface area contributed by atoms with Crippen LogP contribution in [0.4, 0.5) is 0 Å². The first-order valence-corrected chi connectivity index (χ1v) is 28.2. The van der Waals surface area contributed by atoms with Crippen molar-refractivity contribution >= 4 is 48.9 Å². The fourth-order valence-electron chi connectivity index (χ4n) is 10.1. The zero-order chi connectivity index (χ0) is 44.2. The van der Waals surface area contributed by atoms with Crippen LogP contribution in [-0.4, -0.2) is 8.42 Å². The van der Waals surface area contributed by atoms with Crippen LogP contribution in [0.2, 0.25) is 0 Å². The van der Waals surface area contributed by atoms with E-state index in [2.05, 4.69) is 87.5 Å². The molecule has 0 heterocycles. The van der Waals surface area contributed by atoms with E-state index in [-0.39, 0.29) is 0 Å². The van der Waals surface area contributed by atoms with Gasteiger partial charge < -0.3 is 0 Å². The standard InChI is InChI=1S/C58H75O3PS/c1-4-7-10-13-16-31-44-53-54(45-32-17-14-11-8-5-2)56(47-33-18-15-12-9-6-3)58(57-48-35-34-46-55(53)57)63(59,60)61-62(49-36-23-19-24-37-49,50-38-25-20-26-39-50,51-40-27-21-28-41-51)52-42-29-22-30-43-52/h19-30,34-43,46,48H,4-18,31-33,44-45,47H2,1-3H3. The molecular formula is C58H75O3PS. The molecule has 0 aliphatic rings. The smallest absolute Gasteiger partial charge is 0.0654 e. The minimum absolute atomic E-state index is 0.382. The van der Waals surface area contributed by atoms with Gasteiger partial charge in [0.2, 0.25) is 0 Å². The fourth-order valence-corrected chi connectivity index (χ4v) is 19.1. The second-order valence-electron chi connectivity index (χ2n) is 17.8. The molecule has 0 N–H and O–H groups in total. The molecule has 6 rings (SSSR count). The predicted octanol–water partition coefficient (Wildman–Crippen LogP) is 15.0. The summed E-state index contributed by atoms with van der Waals surface area (Å²) >= 11 is 0. The third kappa shape index (κ3) is 11.1. The van der Waals surface area contributed by atoms with Crippen molar-refractivity contribution in [3.05, 3.63) is 162 Å². The van der Waals surface area contributed by atoms with Crippen molar-refractivity contribution in [3.63, 3.8) is 0 Å². The molecule has 0 spiro atoms. The molecule has 0 unspecified atom stereocenters. The van der Waals surface area contributed by atoms with E-state index in [0.717, 1.165) is 88.9 Å². The van der Waals surface area contributed by atoms with E-state index in [1.165, 1.54) is 88.2 Å². The third-order valence-electron chi connectivity index (χ3n) is 13.3. The maximum atomic E-state index is 16.6. The number of aryl methyl sites for hydroxylation is 1. The Morgan fingerprint density at radius 1 is 0.349 bits per heavy atom. The molecule has 0 fully saturated rings. The molecular weight excluding hydrogens is 808 g/mol. The number of hydrogen-bond donors (Lipinski definition) is 0. The van der Waals surface area contributed by atoms with Gasteiger partial charge in [0.25, 0.3) is 0 Å². The van der Waals surface area contributed by atoms with E-state index in [1.54, 1.807) is 0 Å². The minimum Gasteiger partial charge on any atom is -0.0654 e. The molecule has 6 aromatic carbocycles. The van der Waals surface area contributed by atoms with Gasteiger partial charge >= 0.3 is 364 Å². The maximum absolute atomic E-state index is 16.6. The van der Waals surface area contributed by atoms with Crippen LogP contribution in [0.25, 0.3) is 10.8 Å². The molecule has 0 bridgehead atoms. The number of hydrogen-bond acceptors (Lipinski definition) is 3. The summed E-state index contributed by atoms with van der Waals surface area (Å²) in [5.41, 5.74) is 3.63. The first-order chi connectivity index (χ1) is 30.9.